The van der Waals surface area contributed by atoms with Crippen LogP contribution in [0.15, 0.2) is 53.3 Å². The van der Waals surface area contributed by atoms with Crippen LogP contribution in [-0.2, 0) is 0 Å². The molecule has 4 nitrogen and oxygen atoms in total. The number of hydrogen-bond donors (Lipinski definition) is 1. The number of halogens is 2. The Morgan fingerprint density at radius 3 is 2.67 bits per heavy atom. The molecule has 1 N–H and O–H groups in total. The number of amides is 1. The zero-order valence-corrected chi connectivity index (χ0v) is 13.0. The van der Waals surface area contributed by atoms with Crippen LogP contribution in [-0.4, -0.2) is 15.9 Å². The Bertz CT molecular complexity index is 838. The first-order valence-electron chi connectivity index (χ1n) is 6.11. The smallest absolute Gasteiger partial charge is 0.257 e. The van der Waals surface area contributed by atoms with Crippen LogP contribution in [0.3, 0.4) is 0 Å². The molecule has 0 fully saturated rings. The topological polar surface area (TPSA) is 54.9 Å². The fraction of sp³-hybridized carbons (Fsp3) is 0. The van der Waals surface area contributed by atoms with E-state index in [2.05, 4.69) is 31.2 Å². The van der Waals surface area contributed by atoms with Gasteiger partial charge < -0.3 is 5.32 Å². The summed E-state index contributed by atoms with van der Waals surface area (Å²) in [6.07, 6.45) is 3.24. The maximum Gasteiger partial charge on any atom is 0.257 e. The van der Waals surface area contributed by atoms with Crippen LogP contribution < -0.4 is 5.32 Å². The van der Waals surface area contributed by atoms with E-state index in [4.69, 9.17) is 11.6 Å². The van der Waals surface area contributed by atoms with Crippen LogP contribution in [0.5, 0.6) is 0 Å². The van der Waals surface area contributed by atoms with Gasteiger partial charge in [0.05, 0.1) is 21.6 Å². The number of nitrogens with one attached hydrogen (secondary N) is 1. The van der Waals surface area contributed by atoms with Crippen LogP contribution in [0.25, 0.3) is 11.0 Å². The SMILES string of the molecule is O=C(Nc1ccc2nccnc2c1)c1cccc(Br)c1Cl. The van der Waals surface area contributed by atoms with Crippen LogP contribution in [0.1, 0.15) is 10.4 Å². The lowest BCUT2D eigenvalue weighted by Gasteiger charge is -2.08. The van der Waals surface area contributed by atoms with Gasteiger partial charge in [-0.3, -0.25) is 14.8 Å². The maximum atomic E-state index is 12.3. The molecule has 0 aliphatic rings. The molecule has 0 unspecified atom stereocenters. The normalized spacial score (nSPS) is 10.6. The van der Waals surface area contributed by atoms with Crippen molar-refractivity contribution in [2.75, 3.05) is 5.32 Å². The zero-order valence-electron chi connectivity index (χ0n) is 10.7. The monoisotopic (exact) mass is 361 g/mol. The van der Waals surface area contributed by atoms with Crippen molar-refractivity contribution in [3.05, 3.63) is 63.9 Å². The number of anilines is 1. The van der Waals surface area contributed by atoms with Crippen LogP contribution >= 0.6 is 27.5 Å². The van der Waals surface area contributed by atoms with Crippen LogP contribution in [0, 0.1) is 0 Å². The predicted octanol–water partition coefficient (Wildman–Crippen LogP) is 4.30. The molecule has 3 rings (SSSR count). The first kappa shape index (κ1) is 14.0. The van der Waals surface area contributed by atoms with Gasteiger partial charge in [-0.25, -0.2) is 0 Å². The molecule has 0 saturated carbocycles. The summed E-state index contributed by atoms with van der Waals surface area (Å²) in [5.74, 6) is -0.274. The molecule has 3 aromatic rings. The highest BCUT2D eigenvalue weighted by atomic mass is 79.9. The Hall–Kier alpha value is -1.98. The van der Waals surface area contributed by atoms with E-state index in [9.17, 15) is 4.79 Å². The van der Waals surface area contributed by atoms with Crippen LogP contribution in [0.2, 0.25) is 5.02 Å². The molecule has 0 aliphatic heterocycles. The molecule has 0 radical (unpaired) electrons. The first-order valence-corrected chi connectivity index (χ1v) is 7.28. The van der Waals surface area contributed by atoms with Crippen molar-refractivity contribution < 1.29 is 4.79 Å². The lowest BCUT2D eigenvalue weighted by atomic mass is 10.2. The third-order valence-corrected chi connectivity index (χ3v) is 4.22. The number of nitrogens with zero attached hydrogens (tertiary/aromatic N) is 2. The van der Waals surface area contributed by atoms with E-state index in [1.54, 1.807) is 48.8 Å². The van der Waals surface area contributed by atoms with E-state index in [-0.39, 0.29) is 5.91 Å². The molecule has 21 heavy (non-hydrogen) atoms. The van der Waals surface area contributed by atoms with Gasteiger partial charge in [-0.1, -0.05) is 17.7 Å². The van der Waals surface area contributed by atoms with Crippen molar-refractivity contribution in [2.45, 2.75) is 0 Å². The van der Waals surface area contributed by atoms with Gasteiger partial charge in [0.2, 0.25) is 0 Å². The first-order chi connectivity index (χ1) is 10.1. The minimum absolute atomic E-state index is 0.274. The highest BCUT2D eigenvalue weighted by Crippen LogP contribution is 2.26. The quantitative estimate of drug-likeness (QED) is 0.739. The summed E-state index contributed by atoms with van der Waals surface area (Å²) in [6.45, 7) is 0. The van der Waals surface area contributed by atoms with E-state index in [0.717, 1.165) is 11.0 Å². The predicted molar refractivity (Wildman–Crippen MR) is 86.6 cm³/mol. The van der Waals surface area contributed by atoms with Crippen LogP contribution in [0.4, 0.5) is 5.69 Å². The van der Waals surface area contributed by atoms with Gasteiger partial charge in [-0.05, 0) is 46.3 Å². The van der Waals surface area contributed by atoms with Gasteiger partial charge in [-0.15, -0.1) is 0 Å². The second-order valence-electron chi connectivity index (χ2n) is 4.32. The van der Waals surface area contributed by atoms with E-state index in [0.29, 0.717) is 20.7 Å². The summed E-state index contributed by atoms with van der Waals surface area (Å²) in [5, 5.41) is 3.19. The van der Waals surface area contributed by atoms with Crippen molar-refractivity contribution in [1.29, 1.82) is 0 Å². The molecule has 0 spiro atoms. The summed E-state index contributed by atoms with van der Waals surface area (Å²) >= 11 is 9.42. The van der Waals surface area contributed by atoms with Gasteiger partial charge in [0.1, 0.15) is 0 Å². The van der Waals surface area contributed by atoms with Gasteiger partial charge in [-0.2, -0.15) is 0 Å². The Morgan fingerprint density at radius 2 is 1.86 bits per heavy atom. The summed E-state index contributed by atoms with van der Waals surface area (Å²) in [4.78, 5) is 20.7. The Kier molecular flexibility index (Phi) is 3.86. The second-order valence-corrected chi connectivity index (χ2v) is 5.55. The summed E-state index contributed by atoms with van der Waals surface area (Å²) < 4.78 is 0.682. The van der Waals surface area contributed by atoms with Crippen molar-refractivity contribution in [2.24, 2.45) is 0 Å². The largest absolute Gasteiger partial charge is 0.322 e. The Balaban J connectivity index is 1.91. The summed E-state index contributed by atoms with van der Waals surface area (Å²) in [6, 6.07) is 10.6. The lowest BCUT2D eigenvalue weighted by Crippen LogP contribution is -2.12. The molecule has 1 heterocycles. The number of carbonyl (C=O) groups excluding carboxylic acids is 1. The van der Waals surface area contributed by atoms with Crippen molar-refractivity contribution in [3.8, 4) is 0 Å². The van der Waals surface area contributed by atoms with Gasteiger partial charge in [0, 0.05) is 22.6 Å². The molecule has 2 aromatic carbocycles. The maximum absolute atomic E-state index is 12.3. The van der Waals surface area contributed by atoms with Gasteiger partial charge >= 0.3 is 0 Å². The average molecular weight is 363 g/mol. The summed E-state index contributed by atoms with van der Waals surface area (Å²) in [7, 11) is 0. The molecular formula is C15H9BrClN3O. The standard InChI is InChI=1S/C15H9BrClN3O/c16-11-3-1-2-10(14(11)17)15(21)20-9-4-5-12-13(8-9)19-7-6-18-12/h1-8H,(H,20,21). The third-order valence-electron chi connectivity index (χ3n) is 2.92. The van der Waals surface area contributed by atoms with E-state index in [1.165, 1.54) is 0 Å². The fourth-order valence-electron chi connectivity index (χ4n) is 1.92. The molecule has 0 atom stereocenters. The number of rotatable bonds is 2. The number of fused-ring (bicyclic) bond motifs is 1. The molecule has 0 saturated heterocycles. The highest BCUT2D eigenvalue weighted by molar-refractivity contribution is 9.10. The highest BCUT2D eigenvalue weighted by Gasteiger charge is 2.12. The number of benzene rings is 2. The molecule has 1 aromatic heterocycles. The molecule has 1 amide bonds. The molecular weight excluding hydrogens is 354 g/mol. The number of hydrogen-bond acceptors (Lipinski definition) is 3. The Morgan fingerprint density at radius 1 is 1.10 bits per heavy atom. The minimum atomic E-state index is -0.274. The zero-order chi connectivity index (χ0) is 14.8. The molecule has 0 aliphatic carbocycles. The van der Waals surface area contributed by atoms with Crippen molar-refractivity contribution in [1.82, 2.24) is 9.97 Å². The molecule has 0 bridgehead atoms. The second kappa shape index (κ2) is 5.79. The van der Waals surface area contributed by atoms with Gasteiger partial charge in [0.15, 0.2) is 0 Å². The van der Waals surface area contributed by atoms with E-state index < -0.39 is 0 Å². The Labute approximate surface area is 134 Å². The minimum Gasteiger partial charge on any atom is -0.322 e. The third kappa shape index (κ3) is 2.89. The number of carbonyl (C=O) groups is 1. The van der Waals surface area contributed by atoms with E-state index in [1.807, 2.05) is 0 Å². The average Bonchev–Trinajstić information content (AvgIpc) is 2.50. The van der Waals surface area contributed by atoms with E-state index >= 15 is 0 Å². The number of aromatic nitrogens is 2. The van der Waals surface area contributed by atoms with Crippen molar-refractivity contribution in [3.63, 3.8) is 0 Å². The fourth-order valence-corrected chi connectivity index (χ4v) is 2.50. The van der Waals surface area contributed by atoms with Gasteiger partial charge in [0.25, 0.3) is 5.91 Å². The lowest BCUT2D eigenvalue weighted by molar-refractivity contribution is 0.102. The van der Waals surface area contributed by atoms with Crippen molar-refractivity contribution >= 4 is 50.2 Å². The summed E-state index contributed by atoms with van der Waals surface area (Å²) in [5.41, 5.74) is 2.54. The molecule has 6 heteroatoms. The molecule has 104 valence electrons.